The summed E-state index contributed by atoms with van der Waals surface area (Å²) >= 11 is 0. The molecule has 2 heterocycles. The van der Waals surface area contributed by atoms with Crippen molar-refractivity contribution in [1.82, 2.24) is 4.98 Å². The minimum absolute atomic E-state index is 0.453. The SMILES string of the molecule is CC(O)C(N)c1coc2cccnc12. The maximum Gasteiger partial charge on any atom is 0.152 e. The molecular weight excluding hydrogens is 180 g/mol. The maximum absolute atomic E-state index is 9.36. The molecule has 0 aromatic carbocycles. The summed E-state index contributed by atoms with van der Waals surface area (Å²) in [6, 6.07) is 3.16. The lowest BCUT2D eigenvalue weighted by molar-refractivity contribution is 0.164. The summed E-state index contributed by atoms with van der Waals surface area (Å²) in [5.74, 6) is 0. The average Bonchev–Trinajstić information content (AvgIpc) is 2.60. The van der Waals surface area contributed by atoms with E-state index in [1.807, 2.05) is 6.07 Å². The van der Waals surface area contributed by atoms with Crippen LogP contribution in [0.2, 0.25) is 0 Å². The van der Waals surface area contributed by atoms with Crippen LogP contribution in [-0.4, -0.2) is 16.2 Å². The highest BCUT2D eigenvalue weighted by atomic mass is 16.3. The van der Waals surface area contributed by atoms with Crippen LogP contribution in [-0.2, 0) is 0 Å². The Bertz CT molecular complexity index is 436. The van der Waals surface area contributed by atoms with E-state index < -0.39 is 12.1 Å². The highest BCUT2D eigenvalue weighted by Crippen LogP contribution is 2.24. The van der Waals surface area contributed by atoms with Crippen LogP contribution in [0.25, 0.3) is 11.1 Å². The Kier molecular flexibility index (Phi) is 2.23. The standard InChI is InChI=1S/C10H12N2O2/c1-6(13)9(11)7-5-14-8-3-2-4-12-10(7)8/h2-6,9,13H,11H2,1H3. The second-order valence-electron chi connectivity index (χ2n) is 3.31. The number of rotatable bonds is 2. The molecule has 2 unspecified atom stereocenters. The zero-order valence-electron chi connectivity index (χ0n) is 7.84. The van der Waals surface area contributed by atoms with Gasteiger partial charge in [0.05, 0.1) is 18.4 Å². The molecule has 0 saturated carbocycles. The van der Waals surface area contributed by atoms with Crippen molar-refractivity contribution in [2.24, 2.45) is 5.73 Å². The number of aliphatic hydroxyl groups excluding tert-OH is 1. The van der Waals surface area contributed by atoms with Crippen molar-refractivity contribution in [2.75, 3.05) is 0 Å². The van der Waals surface area contributed by atoms with Crippen LogP contribution in [0, 0.1) is 0 Å². The van der Waals surface area contributed by atoms with Crippen LogP contribution in [0.3, 0.4) is 0 Å². The predicted octanol–water partition coefficient (Wildman–Crippen LogP) is 1.21. The molecule has 0 bridgehead atoms. The fourth-order valence-electron chi connectivity index (χ4n) is 1.38. The number of pyridine rings is 1. The number of aromatic nitrogens is 1. The highest BCUT2D eigenvalue weighted by Gasteiger charge is 2.17. The highest BCUT2D eigenvalue weighted by molar-refractivity contribution is 5.76. The van der Waals surface area contributed by atoms with E-state index in [-0.39, 0.29) is 0 Å². The Morgan fingerprint density at radius 1 is 1.57 bits per heavy atom. The molecule has 74 valence electrons. The summed E-state index contributed by atoms with van der Waals surface area (Å²) in [6.45, 7) is 1.65. The third-order valence-electron chi connectivity index (χ3n) is 2.24. The first-order valence-electron chi connectivity index (χ1n) is 4.46. The van der Waals surface area contributed by atoms with Gasteiger partial charge in [-0.15, -0.1) is 0 Å². The van der Waals surface area contributed by atoms with Gasteiger partial charge in [0.1, 0.15) is 5.52 Å². The first-order chi connectivity index (χ1) is 6.70. The molecule has 14 heavy (non-hydrogen) atoms. The maximum atomic E-state index is 9.36. The van der Waals surface area contributed by atoms with Crippen molar-refractivity contribution in [3.05, 3.63) is 30.2 Å². The van der Waals surface area contributed by atoms with Gasteiger partial charge < -0.3 is 15.3 Å². The quantitative estimate of drug-likeness (QED) is 0.750. The third kappa shape index (κ3) is 1.38. The number of furan rings is 1. The Labute approximate surface area is 81.4 Å². The third-order valence-corrected chi connectivity index (χ3v) is 2.24. The lowest BCUT2D eigenvalue weighted by Crippen LogP contribution is -2.22. The lowest BCUT2D eigenvalue weighted by atomic mass is 10.1. The van der Waals surface area contributed by atoms with Gasteiger partial charge in [0.2, 0.25) is 0 Å². The van der Waals surface area contributed by atoms with Crippen LogP contribution in [0.1, 0.15) is 18.5 Å². The molecule has 2 atom stereocenters. The Balaban J connectivity index is 2.53. The number of fused-ring (bicyclic) bond motifs is 1. The number of aliphatic hydroxyl groups is 1. The molecule has 0 aliphatic heterocycles. The molecule has 0 aliphatic carbocycles. The van der Waals surface area contributed by atoms with E-state index in [4.69, 9.17) is 10.2 Å². The van der Waals surface area contributed by atoms with E-state index in [1.165, 1.54) is 0 Å². The molecule has 2 rings (SSSR count). The molecular formula is C10H12N2O2. The number of nitrogens with zero attached hydrogens (tertiary/aromatic N) is 1. The van der Waals surface area contributed by atoms with Crippen molar-refractivity contribution < 1.29 is 9.52 Å². The zero-order valence-corrected chi connectivity index (χ0v) is 7.84. The topological polar surface area (TPSA) is 72.3 Å². The first-order valence-corrected chi connectivity index (χ1v) is 4.46. The first kappa shape index (κ1) is 9.18. The van der Waals surface area contributed by atoms with Crippen LogP contribution < -0.4 is 5.73 Å². The fraction of sp³-hybridized carbons (Fsp3) is 0.300. The van der Waals surface area contributed by atoms with E-state index in [0.717, 1.165) is 11.1 Å². The smallest absolute Gasteiger partial charge is 0.152 e. The minimum Gasteiger partial charge on any atom is -0.462 e. The summed E-state index contributed by atoms with van der Waals surface area (Å²) in [5.41, 5.74) is 7.96. The van der Waals surface area contributed by atoms with Crippen molar-refractivity contribution in [1.29, 1.82) is 0 Å². The van der Waals surface area contributed by atoms with Gasteiger partial charge in [-0.3, -0.25) is 4.98 Å². The van der Waals surface area contributed by atoms with Gasteiger partial charge in [-0.25, -0.2) is 0 Å². The van der Waals surface area contributed by atoms with E-state index >= 15 is 0 Å². The Hall–Kier alpha value is -1.39. The molecule has 2 aromatic heterocycles. The molecule has 3 N–H and O–H groups in total. The van der Waals surface area contributed by atoms with Crippen molar-refractivity contribution in [2.45, 2.75) is 19.1 Å². The summed E-state index contributed by atoms with van der Waals surface area (Å²) in [6.07, 6.45) is 2.61. The van der Waals surface area contributed by atoms with Gasteiger partial charge in [0, 0.05) is 11.8 Å². The van der Waals surface area contributed by atoms with Gasteiger partial charge in [-0.1, -0.05) is 0 Å². The van der Waals surface area contributed by atoms with Gasteiger partial charge >= 0.3 is 0 Å². The van der Waals surface area contributed by atoms with E-state index in [9.17, 15) is 5.11 Å². The number of hydrogen-bond acceptors (Lipinski definition) is 4. The van der Waals surface area contributed by atoms with E-state index in [2.05, 4.69) is 4.98 Å². The minimum atomic E-state index is -0.613. The van der Waals surface area contributed by atoms with Crippen LogP contribution in [0.5, 0.6) is 0 Å². The monoisotopic (exact) mass is 192 g/mol. The average molecular weight is 192 g/mol. The van der Waals surface area contributed by atoms with Gasteiger partial charge in [-0.2, -0.15) is 0 Å². The van der Waals surface area contributed by atoms with Crippen LogP contribution in [0.4, 0.5) is 0 Å². The summed E-state index contributed by atoms with van der Waals surface area (Å²) < 4.78 is 5.27. The number of hydrogen-bond donors (Lipinski definition) is 2. The van der Waals surface area contributed by atoms with Crippen molar-refractivity contribution >= 4 is 11.1 Å². The molecule has 4 nitrogen and oxygen atoms in total. The Morgan fingerprint density at radius 3 is 3.07 bits per heavy atom. The molecule has 0 spiro atoms. The van der Waals surface area contributed by atoms with E-state index in [1.54, 1.807) is 25.5 Å². The largest absolute Gasteiger partial charge is 0.462 e. The van der Waals surface area contributed by atoms with E-state index in [0.29, 0.717) is 5.58 Å². The fourth-order valence-corrected chi connectivity index (χ4v) is 1.38. The van der Waals surface area contributed by atoms with Crippen molar-refractivity contribution in [3.63, 3.8) is 0 Å². The van der Waals surface area contributed by atoms with Gasteiger partial charge in [-0.05, 0) is 19.1 Å². The molecule has 0 aliphatic rings. The number of nitrogens with two attached hydrogens (primary N) is 1. The Morgan fingerprint density at radius 2 is 2.36 bits per heavy atom. The van der Waals surface area contributed by atoms with Gasteiger partial charge in [0.15, 0.2) is 5.58 Å². The molecule has 0 fully saturated rings. The lowest BCUT2D eigenvalue weighted by Gasteiger charge is -2.12. The summed E-state index contributed by atoms with van der Waals surface area (Å²) in [5, 5.41) is 9.36. The summed E-state index contributed by atoms with van der Waals surface area (Å²) in [7, 11) is 0. The molecule has 4 heteroatoms. The molecule has 0 radical (unpaired) electrons. The normalized spacial score (nSPS) is 15.6. The second kappa shape index (κ2) is 3.40. The van der Waals surface area contributed by atoms with Crippen LogP contribution >= 0.6 is 0 Å². The predicted molar refractivity (Wildman–Crippen MR) is 52.6 cm³/mol. The van der Waals surface area contributed by atoms with Crippen LogP contribution in [0.15, 0.2) is 29.0 Å². The molecule has 0 amide bonds. The molecule has 2 aromatic rings. The second-order valence-corrected chi connectivity index (χ2v) is 3.31. The van der Waals surface area contributed by atoms with Gasteiger partial charge in [0.25, 0.3) is 0 Å². The molecule has 0 saturated heterocycles. The zero-order chi connectivity index (χ0) is 10.1. The summed E-state index contributed by atoms with van der Waals surface area (Å²) in [4.78, 5) is 4.16. The van der Waals surface area contributed by atoms with Crippen molar-refractivity contribution in [3.8, 4) is 0 Å².